The smallest absolute Gasteiger partial charge is 0.456 e. The standard InChI is InChI=1S/C38H22N2OS.C18H19BO3/c1-2-8-23(9-3-1)24-14-15-26-21-27(17-16-25(26)20-24)36-35-31-11-5-7-13-34(31)42-38(35)40-37(39-36)28-18-19-30-29-10-4-6-12-32(29)41-33(30)22-28;1-17(2)18(3,4)22-19(21-17)12-9-10-14-13-7-5-6-8-15(13)20-16(14)11-12/h1-22H;5-11H,1-4H3. The minimum atomic E-state index is -0.359. The number of para-hydroxylation sites is 2. The molecule has 0 N–H and O–H groups in total. The summed E-state index contributed by atoms with van der Waals surface area (Å²) in [5.41, 5.74) is 9.24. The summed E-state index contributed by atoms with van der Waals surface area (Å²) >= 11 is 1.72. The summed E-state index contributed by atoms with van der Waals surface area (Å²) in [6, 6.07) is 61.1. The number of furan rings is 2. The Hall–Kier alpha value is -7.10. The van der Waals surface area contributed by atoms with Crippen LogP contribution in [0.4, 0.5) is 0 Å². The van der Waals surface area contributed by atoms with Gasteiger partial charge in [-0.15, -0.1) is 11.3 Å². The predicted molar refractivity (Wildman–Crippen MR) is 265 cm³/mol. The monoisotopic (exact) mass is 848 g/mol. The molecular weight excluding hydrogens is 808 g/mol. The average molecular weight is 849 g/mol. The van der Waals surface area contributed by atoms with Crippen molar-refractivity contribution in [3.05, 3.63) is 176 Å². The van der Waals surface area contributed by atoms with Crippen LogP contribution < -0.4 is 5.46 Å². The van der Waals surface area contributed by atoms with Gasteiger partial charge < -0.3 is 18.1 Å². The summed E-state index contributed by atoms with van der Waals surface area (Å²) in [7, 11) is -0.359. The van der Waals surface area contributed by atoms with E-state index in [1.165, 1.54) is 32.0 Å². The number of rotatable bonds is 4. The van der Waals surface area contributed by atoms with Crippen molar-refractivity contribution in [1.82, 2.24) is 9.97 Å². The van der Waals surface area contributed by atoms with E-state index in [2.05, 4.69) is 161 Å². The molecule has 6 nitrogen and oxygen atoms in total. The van der Waals surface area contributed by atoms with Crippen LogP contribution >= 0.6 is 11.3 Å². The number of hydrogen-bond donors (Lipinski definition) is 0. The lowest BCUT2D eigenvalue weighted by Gasteiger charge is -2.32. The highest BCUT2D eigenvalue weighted by atomic mass is 32.1. The van der Waals surface area contributed by atoms with Crippen LogP contribution in [-0.2, 0) is 9.31 Å². The molecule has 0 atom stereocenters. The molecule has 0 amide bonds. The molecule has 12 aromatic rings. The predicted octanol–water partition coefficient (Wildman–Crippen LogP) is 14.8. The van der Waals surface area contributed by atoms with E-state index in [1.54, 1.807) is 11.3 Å². The number of benzene rings is 8. The molecule has 1 saturated heterocycles. The van der Waals surface area contributed by atoms with Gasteiger partial charge in [-0.05, 0) is 104 Å². The first-order valence-electron chi connectivity index (χ1n) is 21.6. The zero-order valence-corrected chi connectivity index (χ0v) is 36.6. The molecular formula is C56H41BN2O4S. The topological polar surface area (TPSA) is 70.5 Å². The second-order valence-corrected chi connectivity index (χ2v) is 18.6. The third kappa shape index (κ3) is 6.48. The van der Waals surface area contributed by atoms with E-state index >= 15 is 0 Å². The van der Waals surface area contributed by atoms with Crippen LogP contribution in [0.3, 0.4) is 0 Å². The number of hydrogen-bond acceptors (Lipinski definition) is 7. The Balaban J connectivity index is 0.000000165. The van der Waals surface area contributed by atoms with E-state index in [9.17, 15) is 0 Å². The lowest BCUT2D eigenvalue weighted by molar-refractivity contribution is 0.00578. The van der Waals surface area contributed by atoms with Gasteiger partial charge in [0.1, 0.15) is 27.2 Å². The van der Waals surface area contributed by atoms with Gasteiger partial charge >= 0.3 is 7.12 Å². The maximum absolute atomic E-state index is 6.20. The first kappa shape index (κ1) is 38.6. The Labute approximate surface area is 373 Å². The fourth-order valence-corrected chi connectivity index (χ4v) is 9.97. The van der Waals surface area contributed by atoms with Crippen molar-refractivity contribution in [2.45, 2.75) is 38.9 Å². The van der Waals surface area contributed by atoms with Gasteiger partial charge in [0.2, 0.25) is 0 Å². The molecule has 0 unspecified atom stereocenters. The molecule has 0 aliphatic carbocycles. The van der Waals surface area contributed by atoms with E-state index < -0.39 is 0 Å². The molecule has 13 rings (SSSR count). The summed E-state index contributed by atoms with van der Waals surface area (Å²) in [6.45, 7) is 8.25. The van der Waals surface area contributed by atoms with Crippen molar-refractivity contribution >= 4 is 98.9 Å². The molecule has 1 fully saturated rings. The Morgan fingerprint density at radius 1 is 0.438 bits per heavy atom. The van der Waals surface area contributed by atoms with Gasteiger partial charge in [-0.2, -0.15) is 0 Å². The summed E-state index contributed by atoms with van der Waals surface area (Å²) in [5.74, 6) is 0.700. The summed E-state index contributed by atoms with van der Waals surface area (Å²) in [5, 5.41) is 9.15. The SMILES string of the molecule is CC1(C)OB(c2ccc3c(c2)oc2ccccc23)OC1(C)C.c1ccc(-c2ccc3cc(-c4nc(-c5ccc6c(c5)oc5ccccc56)nc5sc6ccccc6c45)ccc3c2)cc1. The minimum Gasteiger partial charge on any atom is -0.456 e. The second-order valence-electron chi connectivity index (χ2n) is 17.6. The van der Waals surface area contributed by atoms with Crippen molar-refractivity contribution in [3.63, 3.8) is 0 Å². The Morgan fingerprint density at radius 2 is 0.984 bits per heavy atom. The van der Waals surface area contributed by atoms with Crippen LogP contribution in [0, 0.1) is 0 Å². The summed E-state index contributed by atoms with van der Waals surface area (Å²) < 4.78 is 25.6. The lowest BCUT2D eigenvalue weighted by atomic mass is 9.79. The fraction of sp³-hybridized carbons (Fsp3) is 0.107. The summed E-state index contributed by atoms with van der Waals surface area (Å²) in [4.78, 5) is 11.3. The van der Waals surface area contributed by atoms with Gasteiger partial charge in [-0.1, -0.05) is 127 Å². The quantitative estimate of drug-likeness (QED) is 0.164. The van der Waals surface area contributed by atoms with Crippen molar-refractivity contribution in [1.29, 1.82) is 0 Å². The fourth-order valence-electron chi connectivity index (χ4n) is 8.90. The highest BCUT2D eigenvalue weighted by molar-refractivity contribution is 7.25. The van der Waals surface area contributed by atoms with E-state index in [1.807, 2.05) is 42.5 Å². The van der Waals surface area contributed by atoms with Gasteiger partial charge in [-0.3, -0.25) is 0 Å². The van der Waals surface area contributed by atoms with E-state index in [-0.39, 0.29) is 18.3 Å². The minimum absolute atomic E-state index is 0.333. The van der Waals surface area contributed by atoms with Crippen molar-refractivity contribution in [2.75, 3.05) is 0 Å². The Kier molecular flexibility index (Phi) is 8.89. The molecule has 0 saturated carbocycles. The average Bonchev–Trinajstić information content (AvgIpc) is 4.06. The number of thiophene rings is 1. The highest BCUT2D eigenvalue weighted by Crippen LogP contribution is 2.42. The normalized spacial score (nSPS) is 14.7. The van der Waals surface area contributed by atoms with Crippen molar-refractivity contribution < 1.29 is 18.1 Å². The van der Waals surface area contributed by atoms with Crippen LogP contribution in [0.2, 0.25) is 0 Å². The number of nitrogens with zero attached hydrogens (tertiary/aromatic N) is 2. The molecule has 0 bridgehead atoms. The molecule has 8 heteroatoms. The third-order valence-electron chi connectivity index (χ3n) is 13.0. The maximum atomic E-state index is 6.20. The zero-order chi connectivity index (χ0) is 43.2. The highest BCUT2D eigenvalue weighted by Gasteiger charge is 2.51. The second kappa shape index (κ2) is 14.7. The van der Waals surface area contributed by atoms with Crippen molar-refractivity contribution in [2.24, 2.45) is 0 Å². The number of aromatic nitrogens is 2. The van der Waals surface area contributed by atoms with E-state index in [4.69, 9.17) is 28.1 Å². The van der Waals surface area contributed by atoms with Crippen LogP contribution in [0.1, 0.15) is 27.7 Å². The van der Waals surface area contributed by atoms with Crippen molar-refractivity contribution in [3.8, 4) is 33.8 Å². The van der Waals surface area contributed by atoms with Gasteiger partial charge in [-0.25, -0.2) is 9.97 Å². The van der Waals surface area contributed by atoms with E-state index in [0.717, 1.165) is 76.4 Å². The molecule has 1 aliphatic heterocycles. The zero-order valence-electron chi connectivity index (χ0n) is 35.8. The maximum Gasteiger partial charge on any atom is 0.494 e. The van der Waals surface area contributed by atoms with Gasteiger partial charge in [0, 0.05) is 48.1 Å². The molecule has 4 aromatic heterocycles. The first-order chi connectivity index (χ1) is 31.2. The van der Waals surface area contributed by atoms with Gasteiger partial charge in [0.25, 0.3) is 0 Å². The number of fused-ring (bicyclic) bond motifs is 10. The van der Waals surface area contributed by atoms with Crippen LogP contribution in [0.15, 0.2) is 185 Å². The summed E-state index contributed by atoms with van der Waals surface area (Å²) in [6.07, 6.45) is 0. The molecule has 0 radical (unpaired) electrons. The molecule has 8 aromatic carbocycles. The van der Waals surface area contributed by atoms with Crippen LogP contribution in [0.5, 0.6) is 0 Å². The molecule has 5 heterocycles. The Bertz CT molecular complexity index is 3760. The molecule has 0 spiro atoms. The third-order valence-corrected chi connectivity index (χ3v) is 14.1. The van der Waals surface area contributed by atoms with E-state index in [0.29, 0.717) is 5.82 Å². The lowest BCUT2D eigenvalue weighted by Crippen LogP contribution is -2.41. The van der Waals surface area contributed by atoms with Gasteiger partial charge in [0.05, 0.1) is 16.9 Å². The van der Waals surface area contributed by atoms with Crippen LogP contribution in [-0.4, -0.2) is 28.3 Å². The Morgan fingerprint density at radius 3 is 1.69 bits per heavy atom. The first-order valence-corrected chi connectivity index (χ1v) is 22.4. The van der Waals surface area contributed by atoms with Crippen LogP contribution in [0.25, 0.3) is 109 Å². The molecule has 64 heavy (non-hydrogen) atoms. The largest absolute Gasteiger partial charge is 0.494 e. The molecule has 308 valence electrons. The molecule has 1 aliphatic rings. The van der Waals surface area contributed by atoms with Gasteiger partial charge in [0.15, 0.2) is 5.82 Å².